The summed E-state index contributed by atoms with van der Waals surface area (Å²) in [5.41, 5.74) is 0. The lowest BCUT2D eigenvalue weighted by Gasteiger charge is -2.08. The van der Waals surface area contributed by atoms with Gasteiger partial charge < -0.3 is 15.3 Å². The lowest BCUT2D eigenvalue weighted by Crippen LogP contribution is -2.22. The molecule has 0 aliphatic carbocycles. The third kappa shape index (κ3) is 9.23. The van der Waals surface area contributed by atoms with Gasteiger partial charge in [0.15, 0.2) is 0 Å². The van der Waals surface area contributed by atoms with E-state index in [0.717, 1.165) is 25.8 Å². The molecule has 0 aromatic rings. The number of hydrogen-bond acceptors (Lipinski definition) is 2. The van der Waals surface area contributed by atoms with Crippen molar-refractivity contribution < 1.29 is 9.90 Å². The van der Waals surface area contributed by atoms with Crippen molar-refractivity contribution >= 4 is 6.09 Å². The van der Waals surface area contributed by atoms with Crippen molar-refractivity contribution in [3.05, 3.63) is 0 Å². The topological polar surface area (TPSA) is 52.6 Å². The molecule has 4 heteroatoms. The first-order valence-corrected chi connectivity index (χ1v) is 4.24. The predicted molar refractivity (Wildman–Crippen MR) is 48.4 cm³/mol. The van der Waals surface area contributed by atoms with E-state index in [0.29, 0.717) is 6.54 Å². The van der Waals surface area contributed by atoms with Crippen LogP contribution in [0.2, 0.25) is 0 Å². The molecular weight excluding hydrogens is 156 g/mol. The van der Waals surface area contributed by atoms with E-state index in [-0.39, 0.29) is 0 Å². The highest BCUT2D eigenvalue weighted by Crippen LogP contribution is 1.94. The maximum Gasteiger partial charge on any atom is 0.404 e. The number of nitrogens with zero attached hydrogens (tertiary/aromatic N) is 1. The monoisotopic (exact) mass is 174 g/mol. The molecular formula is C8H18N2O2. The van der Waals surface area contributed by atoms with E-state index in [1.165, 1.54) is 0 Å². The molecule has 0 aromatic heterocycles. The maximum absolute atomic E-state index is 10.0. The molecule has 0 spiro atoms. The highest BCUT2D eigenvalue weighted by Gasteiger charge is 1.94. The standard InChI is InChI=1S/C8H18N2O2/c1-10(2)7-5-3-4-6-9-8(11)12/h9H,3-7H2,1-2H3,(H,11,12). The number of amides is 1. The minimum absolute atomic E-state index is 0.572. The Kier molecular flexibility index (Phi) is 6.47. The van der Waals surface area contributed by atoms with E-state index in [9.17, 15) is 4.79 Å². The Hall–Kier alpha value is -0.770. The highest BCUT2D eigenvalue weighted by molar-refractivity contribution is 5.64. The quantitative estimate of drug-likeness (QED) is 0.590. The molecule has 0 rings (SSSR count). The van der Waals surface area contributed by atoms with Crippen LogP contribution in [0.15, 0.2) is 0 Å². The van der Waals surface area contributed by atoms with Crippen LogP contribution in [0, 0.1) is 0 Å². The summed E-state index contributed by atoms with van der Waals surface area (Å²) in [6.45, 7) is 1.65. The molecule has 72 valence electrons. The number of hydrogen-bond donors (Lipinski definition) is 2. The van der Waals surface area contributed by atoms with E-state index in [1.54, 1.807) is 0 Å². The van der Waals surface area contributed by atoms with Crippen LogP contribution in [0.1, 0.15) is 19.3 Å². The Morgan fingerprint density at radius 2 is 2.00 bits per heavy atom. The van der Waals surface area contributed by atoms with Crippen molar-refractivity contribution in [2.24, 2.45) is 0 Å². The third-order valence-corrected chi connectivity index (χ3v) is 1.56. The van der Waals surface area contributed by atoms with Gasteiger partial charge in [0.2, 0.25) is 0 Å². The zero-order valence-corrected chi connectivity index (χ0v) is 7.84. The lowest BCUT2D eigenvalue weighted by molar-refractivity contribution is 0.194. The SMILES string of the molecule is CN(C)CCCCCNC(=O)O. The number of nitrogens with one attached hydrogen (secondary N) is 1. The van der Waals surface area contributed by atoms with Gasteiger partial charge in [-0.1, -0.05) is 6.42 Å². The number of carboxylic acid groups (broad SMARTS) is 1. The maximum atomic E-state index is 10.0. The van der Waals surface area contributed by atoms with Crippen LogP contribution in [0.4, 0.5) is 4.79 Å². The van der Waals surface area contributed by atoms with Crippen LogP contribution in [0.5, 0.6) is 0 Å². The average Bonchev–Trinajstić information content (AvgIpc) is 1.95. The van der Waals surface area contributed by atoms with Crippen LogP contribution < -0.4 is 5.32 Å². The van der Waals surface area contributed by atoms with Gasteiger partial charge in [-0.15, -0.1) is 0 Å². The second kappa shape index (κ2) is 6.91. The number of rotatable bonds is 6. The molecule has 4 nitrogen and oxygen atoms in total. The van der Waals surface area contributed by atoms with Crippen molar-refractivity contribution in [1.82, 2.24) is 10.2 Å². The van der Waals surface area contributed by atoms with Crippen LogP contribution in [-0.4, -0.2) is 43.3 Å². The van der Waals surface area contributed by atoms with Crippen molar-refractivity contribution in [1.29, 1.82) is 0 Å². The molecule has 0 heterocycles. The molecule has 0 radical (unpaired) electrons. The second-order valence-corrected chi connectivity index (χ2v) is 3.10. The predicted octanol–water partition coefficient (Wildman–Crippen LogP) is 0.986. The van der Waals surface area contributed by atoms with Crippen molar-refractivity contribution in [2.75, 3.05) is 27.2 Å². The van der Waals surface area contributed by atoms with Gasteiger partial charge in [0.05, 0.1) is 0 Å². The van der Waals surface area contributed by atoms with Crippen LogP contribution in [0.25, 0.3) is 0 Å². The highest BCUT2D eigenvalue weighted by atomic mass is 16.4. The van der Waals surface area contributed by atoms with E-state index in [4.69, 9.17) is 5.11 Å². The van der Waals surface area contributed by atoms with Crippen LogP contribution >= 0.6 is 0 Å². The summed E-state index contributed by atoms with van der Waals surface area (Å²) in [5, 5.41) is 10.6. The van der Waals surface area contributed by atoms with Crippen molar-refractivity contribution in [2.45, 2.75) is 19.3 Å². The molecule has 0 bridgehead atoms. The summed E-state index contributed by atoms with van der Waals surface area (Å²) >= 11 is 0. The smallest absolute Gasteiger partial charge is 0.404 e. The van der Waals surface area contributed by atoms with E-state index in [1.807, 2.05) is 14.1 Å². The van der Waals surface area contributed by atoms with Crippen LogP contribution in [0.3, 0.4) is 0 Å². The minimum atomic E-state index is -0.928. The van der Waals surface area contributed by atoms with Gasteiger partial charge in [-0.05, 0) is 33.5 Å². The second-order valence-electron chi connectivity index (χ2n) is 3.10. The molecule has 1 amide bonds. The van der Waals surface area contributed by atoms with Gasteiger partial charge in [0.1, 0.15) is 0 Å². The van der Waals surface area contributed by atoms with Gasteiger partial charge in [0, 0.05) is 6.54 Å². The molecule has 0 aromatic carbocycles. The summed E-state index contributed by atoms with van der Waals surface area (Å²) in [7, 11) is 4.07. The molecule has 12 heavy (non-hydrogen) atoms. The van der Waals surface area contributed by atoms with Crippen LogP contribution in [-0.2, 0) is 0 Å². The molecule has 0 saturated carbocycles. The van der Waals surface area contributed by atoms with Gasteiger partial charge in [-0.3, -0.25) is 0 Å². The summed E-state index contributed by atoms with van der Waals surface area (Å²) in [4.78, 5) is 12.2. The Balaban J connectivity index is 2.96. The summed E-state index contributed by atoms with van der Waals surface area (Å²) in [6, 6.07) is 0. The fraction of sp³-hybridized carbons (Fsp3) is 0.875. The Labute approximate surface area is 73.6 Å². The first-order valence-electron chi connectivity index (χ1n) is 4.24. The van der Waals surface area contributed by atoms with Gasteiger partial charge in [-0.2, -0.15) is 0 Å². The molecule has 0 unspecified atom stereocenters. The number of carbonyl (C=O) groups is 1. The Morgan fingerprint density at radius 3 is 2.50 bits per heavy atom. The number of unbranched alkanes of at least 4 members (excludes halogenated alkanes) is 2. The fourth-order valence-corrected chi connectivity index (χ4v) is 0.925. The minimum Gasteiger partial charge on any atom is -0.465 e. The molecule has 0 saturated heterocycles. The van der Waals surface area contributed by atoms with Crippen molar-refractivity contribution in [3.8, 4) is 0 Å². The summed E-state index contributed by atoms with van der Waals surface area (Å²) < 4.78 is 0. The van der Waals surface area contributed by atoms with Gasteiger partial charge in [0.25, 0.3) is 0 Å². The average molecular weight is 174 g/mol. The first-order chi connectivity index (χ1) is 5.63. The van der Waals surface area contributed by atoms with E-state index >= 15 is 0 Å². The fourth-order valence-electron chi connectivity index (χ4n) is 0.925. The Morgan fingerprint density at radius 1 is 1.33 bits per heavy atom. The van der Waals surface area contributed by atoms with Gasteiger partial charge in [-0.25, -0.2) is 4.79 Å². The molecule has 0 aliphatic heterocycles. The van der Waals surface area contributed by atoms with E-state index < -0.39 is 6.09 Å². The summed E-state index contributed by atoms with van der Waals surface area (Å²) in [5.74, 6) is 0. The lowest BCUT2D eigenvalue weighted by atomic mass is 10.2. The Bertz CT molecular complexity index is 126. The largest absolute Gasteiger partial charge is 0.465 e. The van der Waals surface area contributed by atoms with Crippen molar-refractivity contribution in [3.63, 3.8) is 0 Å². The zero-order valence-electron chi connectivity index (χ0n) is 7.84. The normalized spacial score (nSPS) is 10.2. The summed E-state index contributed by atoms with van der Waals surface area (Å²) in [6.07, 6.45) is 2.22. The molecule has 2 N–H and O–H groups in total. The third-order valence-electron chi connectivity index (χ3n) is 1.56. The first kappa shape index (κ1) is 11.2. The van der Waals surface area contributed by atoms with Gasteiger partial charge >= 0.3 is 6.09 Å². The molecule has 0 fully saturated rings. The molecule has 0 atom stereocenters. The zero-order chi connectivity index (χ0) is 9.40. The van der Waals surface area contributed by atoms with E-state index in [2.05, 4.69) is 10.2 Å². The molecule has 0 aliphatic rings.